The smallest absolute Gasteiger partial charge is 0.410 e. The van der Waals surface area contributed by atoms with Crippen molar-refractivity contribution in [1.82, 2.24) is 4.90 Å². The van der Waals surface area contributed by atoms with Crippen molar-refractivity contribution in [2.75, 3.05) is 6.61 Å². The van der Waals surface area contributed by atoms with Gasteiger partial charge >= 0.3 is 6.09 Å². The summed E-state index contributed by atoms with van der Waals surface area (Å²) < 4.78 is 4.89. The van der Waals surface area contributed by atoms with Crippen LogP contribution in [0.2, 0.25) is 0 Å². The van der Waals surface area contributed by atoms with Crippen LogP contribution in [0.4, 0.5) is 4.79 Å². The summed E-state index contributed by atoms with van der Waals surface area (Å²) in [6.07, 6.45) is -0.190. The van der Waals surface area contributed by atoms with Crippen molar-refractivity contribution in [1.29, 1.82) is 0 Å². The van der Waals surface area contributed by atoms with E-state index in [1.54, 1.807) is 4.90 Å². The van der Waals surface area contributed by atoms with E-state index in [2.05, 4.69) is 0 Å². The molecule has 1 saturated heterocycles. The Balaban J connectivity index is 2.77. The van der Waals surface area contributed by atoms with Crippen molar-refractivity contribution in [2.24, 2.45) is 0 Å². The van der Waals surface area contributed by atoms with Gasteiger partial charge in [0.15, 0.2) is 0 Å². The lowest BCUT2D eigenvalue weighted by molar-refractivity contribution is 0.124. The summed E-state index contributed by atoms with van der Waals surface area (Å²) in [6, 6.07) is 0.211. The highest BCUT2D eigenvalue weighted by atomic mass is 16.6. The first-order valence-electron chi connectivity index (χ1n) is 3.89. The minimum atomic E-state index is -0.190. The average Bonchev–Trinajstić information content (AvgIpc) is 2.08. The number of hydrogen-bond acceptors (Lipinski definition) is 2. The SMILES string of the molecule is C[C@H]1COC(=O)N1C(C)(C)C. The van der Waals surface area contributed by atoms with Gasteiger partial charge in [0.25, 0.3) is 0 Å². The molecule has 0 aromatic rings. The molecular weight excluding hydrogens is 142 g/mol. The summed E-state index contributed by atoms with van der Waals surface area (Å²) in [4.78, 5) is 12.9. The fraction of sp³-hybridized carbons (Fsp3) is 0.875. The van der Waals surface area contributed by atoms with Gasteiger partial charge in [0.1, 0.15) is 6.61 Å². The van der Waals surface area contributed by atoms with Crippen molar-refractivity contribution >= 4 is 6.09 Å². The molecule has 1 atom stereocenters. The van der Waals surface area contributed by atoms with E-state index in [0.29, 0.717) is 6.61 Å². The van der Waals surface area contributed by atoms with Crippen LogP contribution >= 0.6 is 0 Å². The average molecular weight is 157 g/mol. The van der Waals surface area contributed by atoms with Gasteiger partial charge < -0.3 is 4.74 Å². The van der Waals surface area contributed by atoms with Crippen LogP contribution in [0.3, 0.4) is 0 Å². The number of amides is 1. The van der Waals surface area contributed by atoms with E-state index in [9.17, 15) is 4.79 Å². The van der Waals surface area contributed by atoms with Crippen molar-refractivity contribution in [3.05, 3.63) is 0 Å². The summed E-state index contributed by atoms with van der Waals surface area (Å²) in [5.41, 5.74) is -0.118. The van der Waals surface area contributed by atoms with Gasteiger partial charge in [-0.15, -0.1) is 0 Å². The molecule has 0 spiro atoms. The van der Waals surface area contributed by atoms with Gasteiger partial charge in [-0.2, -0.15) is 0 Å². The van der Waals surface area contributed by atoms with Gasteiger partial charge in [0, 0.05) is 5.54 Å². The van der Waals surface area contributed by atoms with Gasteiger partial charge in [-0.05, 0) is 27.7 Å². The highest BCUT2D eigenvalue weighted by molar-refractivity contribution is 5.70. The van der Waals surface area contributed by atoms with Crippen LogP contribution in [0.1, 0.15) is 27.7 Å². The van der Waals surface area contributed by atoms with Crippen molar-refractivity contribution in [2.45, 2.75) is 39.3 Å². The summed E-state index contributed by atoms with van der Waals surface area (Å²) in [5.74, 6) is 0. The van der Waals surface area contributed by atoms with Crippen LogP contribution in [0, 0.1) is 0 Å². The molecule has 1 fully saturated rings. The minimum absolute atomic E-state index is 0.118. The molecular formula is C8H15NO2. The number of hydrogen-bond donors (Lipinski definition) is 0. The number of ether oxygens (including phenoxy) is 1. The number of carbonyl (C=O) groups excluding carboxylic acids is 1. The zero-order chi connectivity index (χ0) is 8.65. The molecule has 0 saturated carbocycles. The Kier molecular flexibility index (Phi) is 1.82. The first-order valence-corrected chi connectivity index (χ1v) is 3.89. The maximum absolute atomic E-state index is 11.1. The first kappa shape index (κ1) is 8.37. The largest absolute Gasteiger partial charge is 0.447 e. The highest BCUT2D eigenvalue weighted by Crippen LogP contribution is 2.22. The monoisotopic (exact) mass is 157 g/mol. The number of cyclic esters (lactones) is 1. The maximum Gasteiger partial charge on any atom is 0.410 e. The maximum atomic E-state index is 11.1. The summed E-state index contributed by atoms with van der Waals surface area (Å²) in [7, 11) is 0. The zero-order valence-corrected chi connectivity index (χ0v) is 7.55. The fourth-order valence-corrected chi connectivity index (χ4v) is 1.45. The van der Waals surface area contributed by atoms with Crippen LogP contribution in [0.25, 0.3) is 0 Å². The molecule has 1 rings (SSSR count). The zero-order valence-electron chi connectivity index (χ0n) is 7.55. The Labute approximate surface area is 67.3 Å². The van der Waals surface area contributed by atoms with Crippen LogP contribution in [-0.4, -0.2) is 29.2 Å². The molecule has 1 amide bonds. The first-order chi connectivity index (χ1) is 4.93. The summed E-state index contributed by atoms with van der Waals surface area (Å²) >= 11 is 0. The Bertz CT molecular complexity index is 171. The summed E-state index contributed by atoms with van der Waals surface area (Å²) in [5, 5.41) is 0. The Morgan fingerprint density at radius 3 is 2.27 bits per heavy atom. The van der Waals surface area contributed by atoms with E-state index in [0.717, 1.165) is 0 Å². The fourth-order valence-electron chi connectivity index (χ4n) is 1.45. The van der Waals surface area contributed by atoms with E-state index < -0.39 is 0 Å². The van der Waals surface area contributed by atoms with Gasteiger partial charge in [-0.25, -0.2) is 4.79 Å². The molecule has 0 bridgehead atoms. The standard InChI is InChI=1S/C8H15NO2/c1-6-5-11-7(10)9(6)8(2,3)4/h6H,5H2,1-4H3/t6-/m0/s1. The van der Waals surface area contributed by atoms with Crippen LogP contribution < -0.4 is 0 Å². The third-order valence-corrected chi connectivity index (χ3v) is 1.81. The van der Waals surface area contributed by atoms with Crippen molar-refractivity contribution in [3.63, 3.8) is 0 Å². The lowest BCUT2D eigenvalue weighted by Crippen LogP contribution is -2.46. The number of nitrogens with zero attached hydrogens (tertiary/aromatic N) is 1. The molecule has 1 aliphatic heterocycles. The third kappa shape index (κ3) is 1.47. The number of carbonyl (C=O) groups is 1. The van der Waals surface area contributed by atoms with Gasteiger partial charge in [-0.3, -0.25) is 4.90 Å². The Hall–Kier alpha value is -0.730. The molecule has 0 radical (unpaired) electrons. The van der Waals surface area contributed by atoms with E-state index >= 15 is 0 Å². The molecule has 3 heteroatoms. The lowest BCUT2D eigenvalue weighted by atomic mass is 10.1. The number of rotatable bonds is 0. The van der Waals surface area contributed by atoms with E-state index in [4.69, 9.17) is 4.74 Å². The molecule has 11 heavy (non-hydrogen) atoms. The summed E-state index contributed by atoms with van der Waals surface area (Å²) in [6.45, 7) is 8.55. The van der Waals surface area contributed by atoms with E-state index in [1.165, 1.54) is 0 Å². The van der Waals surface area contributed by atoms with Crippen molar-refractivity contribution < 1.29 is 9.53 Å². The highest BCUT2D eigenvalue weighted by Gasteiger charge is 2.37. The molecule has 0 unspecified atom stereocenters. The predicted octanol–water partition coefficient (Wildman–Crippen LogP) is 1.63. The molecule has 64 valence electrons. The van der Waals surface area contributed by atoms with Crippen LogP contribution in [0.15, 0.2) is 0 Å². The van der Waals surface area contributed by atoms with Crippen LogP contribution in [0.5, 0.6) is 0 Å². The third-order valence-electron chi connectivity index (χ3n) is 1.81. The van der Waals surface area contributed by atoms with E-state index in [-0.39, 0.29) is 17.7 Å². The van der Waals surface area contributed by atoms with Crippen molar-refractivity contribution in [3.8, 4) is 0 Å². The molecule has 1 heterocycles. The second-order valence-electron chi connectivity index (χ2n) is 3.97. The normalized spacial score (nSPS) is 25.6. The molecule has 1 aliphatic rings. The van der Waals surface area contributed by atoms with Gasteiger partial charge in [0.05, 0.1) is 6.04 Å². The van der Waals surface area contributed by atoms with Gasteiger partial charge in [0.2, 0.25) is 0 Å². The van der Waals surface area contributed by atoms with Gasteiger partial charge in [-0.1, -0.05) is 0 Å². The lowest BCUT2D eigenvalue weighted by Gasteiger charge is -2.32. The minimum Gasteiger partial charge on any atom is -0.447 e. The second-order valence-corrected chi connectivity index (χ2v) is 3.97. The quantitative estimate of drug-likeness (QED) is 0.534. The van der Waals surface area contributed by atoms with E-state index in [1.807, 2.05) is 27.7 Å². The Morgan fingerprint density at radius 1 is 1.55 bits per heavy atom. The molecule has 0 aliphatic carbocycles. The second kappa shape index (κ2) is 2.40. The Morgan fingerprint density at radius 2 is 2.09 bits per heavy atom. The molecule has 0 aromatic heterocycles. The topological polar surface area (TPSA) is 29.5 Å². The predicted molar refractivity (Wildman–Crippen MR) is 42.4 cm³/mol. The molecule has 3 nitrogen and oxygen atoms in total. The molecule has 0 N–H and O–H groups in total. The molecule has 0 aromatic carbocycles. The van der Waals surface area contributed by atoms with Crippen LogP contribution in [-0.2, 0) is 4.74 Å².